The number of ether oxygens (including phenoxy) is 1. The molecule has 0 aliphatic carbocycles. The van der Waals surface area contributed by atoms with Crippen molar-refractivity contribution in [3.8, 4) is 17.2 Å². The van der Waals surface area contributed by atoms with Crippen LogP contribution < -0.4 is 30.9 Å². The smallest absolute Gasteiger partial charge is 0.256 e. The zero-order valence-electron chi connectivity index (χ0n) is 49.5. The third-order valence-electron chi connectivity index (χ3n) is 17.2. The minimum atomic E-state index is -0.153. The molecule has 11 aromatic rings. The van der Waals surface area contributed by atoms with E-state index < -0.39 is 0 Å². The van der Waals surface area contributed by atoms with Gasteiger partial charge in [0.25, 0.3) is 6.71 Å². The fourth-order valence-electron chi connectivity index (χ4n) is 12.6. The molecule has 0 bridgehead atoms. The summed E-state index contributed by atoms with van der Waals surface area (Å²) >= 11 is 1.91. The van der Waals surface area contributed by atoms with Crippen LogP contribution in [0.5, 0.6) is 11.5 Å². The lowest BCUT2D eigenvalue weighted by molar-refractivity contribution is 0.487. The van der Waals surface area contributed by atoms with E-state index in [9.17, 15) is 0 Å². The van der Waals surface area contributed by atoms with E-state index in [4.69, 9.17) is 4.74 Å². The molecule has 0 atom stereocenters. The molecule has 0 N–H and O–H groups in total. The van der Waals surface area contributed by atoms with E-state index >= 15 is 0 Å². The zero-order valence-corrected chi connectivity index (χ0v) is 50.3. The van der Waals surface area contributed by atoms with Gasteiger partial charge in [-0.3, -0.25) is 0 Å². The predicted octanol–water partition coefficient (Wildman–Crippen LogP) is 19.5. The average molecular weight is 1060 g/mol. The van der Waals surface area contributed by atoms with Crippen LogP contribution in [0.2, 0.25) is 0 Å². The maximum atomic E-state index is 7.36. The van der Waals surface area contributed by atoms with Gasteiger partial charge in [-0.15, -0.1) is 11.3 Å². The normalized spacial score (nSPS) is 13.7. The predicted molar refractivity (Wildman–Crippen MR) is 348 cm³/mol. The van der Waals surface area contributed by atoms with E-state index in [0.29, 0.717) is 0 Å². The molecule has 2 aliphatic heterocycles. The van der Waals surface area contributed by atoms with Gasteiger partial charge in [0.2, 0.25) is 0 Å². The van der Waals surface area contributed by atoms with Gasteiger partial charge in [0.1, 0.15) is 11.5 Å². The van der Waals surface area contributed by atoms with E-state index in [-0.39, 0.29) is 33.8 Å². The molecule has 13 rings (SSSR count). The number of benzene rings is 9. The lowest BCUT2D eigenvalue weighted by Crippen LogP contribution is -2.59. The van der Waals surface area contributed by atoms with E-state index in [0.717, 1.165) is 45.4 Å². The van der Waals surface area contributed by atoms with Crippen molar-refractivity contribution in [1.29, 1.82) is 0 Å². The molecule has 9 aromatic carbocycles. The summed E-state index contributed by atoms with van der Waals surface area (Å²) < 4.78 is 12.5. The monoisotopic (exact) mass is 1060 g/mol. The van der Waals surface area contributed by atoms with Crippen LogP contribution in [0, 0.1) is 0 Å². The summed E-state index contributed by atoms with van der Waals surface area (Å²) in [5, 5.41) is 5.11. The number of hydrogen-bond acceptors (Lipinski definition) is 4. The number of fused-ring (bicyclic) bond motifs is 11. The molecule has 2 aromatic heterocycles. The summed E-state index contributed by atoms with van der Waals surface area (Å²) in [5.74, 6) is 1.75. The maximum absolute atomic E-state index is 7.36. The van der Waals surface area contributed by atoms with Gasteiger partial charge in [0.15, 0.2) is 0 Å². The van der Waals surface area contributed by atoms with Crippen molar-refractivity contribution in [2.75, 3.05) is 9.80 Å². The van der Waals surface area contributed by atoms with Crippen molar-refractivity contribution < 1.29 is 4.74 Å². The molecule has 400 valence electrons. The van der Waals surface area contributed by atoms with E-state index in [1.165, 1.54) is 92.1 Å². The highest BCUT2D eigenvalue weighted by Crippen LogP contribution is 2.51. The second-order valence-electron chi connectivity index (χ2n) is 27.9. The topological polar surface area (TPSA) is 20.6 Å². The van der Waals surface area contributed by atoms with E-state index in [2.05, 4.69) is 294 Å². The third kappa shape index (κ3) is 8.46. The van der Waals surface area contributed by atoms with Crippen LogP contribution in [0.1, 0.15) is 132 Å². The van der Waals surface area contributed by atoms with Gasteiger partial charge in [-0.25, -0.2) is 0 Å². The van der Waals surface area contributed by atoms with Gasteiger partial charge >= 0.3 is 0 Å². The van der Waals surface area contributed by atoms with Gasteiger partial charge in [-0.2, -0.15) is 0 Å². The molecule has 4 nitrogen and oxygen atoms in total. The second-order valence-corrected chi connectivity index (χ2v) is 29.0. The SMILES string of the molecule is CC(C)(C)c1ccc(N(c2ccc(C(C)(C)C)cc2)c2ccc3c(c2)Oc2cccc4c2B3c2cc(-n3c5ccc(C(C)(C)C)cc5c5cc(C(C)(C)C)ccc53)c3sc5ccccc5c3c2N4c2ccc(C(C)(C)C)cc2)cc1. The first kappa shape index (κ1) is 51.9. The van der Waals surface area contributed by atoms with Crippen molar-refractivity contribution in [2.45, 2.75) is 131 Å². The van der Waals surface area contributed by atoms with E-state index in [1.54, 1.807) is 0 Å². The minimum Gasteiger partial charge on any atom is -0.458 e. The van der Waals surface area contributed by atoms with Crippen molar-refractivity contribution in [2.24, 2.45) is 0 Å². The summed E-state index contributed by atoms with van der Waals surface area (Å²) in [7, 11) is 0. The highest BCUT2D eigenvalue weighted by molar-refractivity contribution is 7.26. The zero-order chi connectivity index (χ0) is 56.2. The van der Waals surface area contributed by atoms with Crippen LogP contribution in [-0.4, -0.2) is 11.3 Å². The van der Waals surface area contributed by atoms with Gasteiger partial charge in [0, 0.05) is 60.7 Å². The third-order valence-corrected chi connectivity index (χ3v) is 18.4. The lowest BCUT2D eigenvalue weighted by atomic mass is 9.34. The largest absolute Gasteiger partial charge is 0.458 e. The summed E-state index contributed by atoms with van der Waals surface area (Å²) in [6, 6.07) is 67.4. The van der Waals surface area contributed by atoms with Crippen molar-refractivity contribution in [3.63, 3.8) is 0 Å². The summed E-state index contributed by atoms with van der Waals surface area (Å²) in [4.78, 5) is 4.95. The summed E-state index contributed by atoms with van der Waals surface area (Å²) in [6.07, 6.45) is 0. The Morgan fingerprint density at radius 3 is 1.45 bits per heavy atom. The van der Waals surface area contributed by atoms with Crippen LogP contribution in [0.3, 0.4) is 0 Å². The molecular weight excluding hydrogens is 990 g/mol. The quantitative estimate of drug-likeness (QED) is 0.160. The van der Waals surface area contributed by atoms with Gasteiger partial charge in [0.05, 0.1) is 27.1 Å². The molecule has 0 spiro atoms. The van der Waals surface area contributed by atoms with Gasteiger partial charge < -0.3 is 19.1 Å². The number of hydrogen-bond donors (Lipinski definition) is 0. The van der Waals surface area contributed by atoms with Crippen LogP contribution in [-0.2, 0) is 27.1 Å². The first-order valence-corrected chi connectivity index (χ1v) is 29.6. The number of thiophene rings is 1. The summed E-state index contributed by atoms with van der Waals surface area (Å²) in [5.41, 5.74) is 20.6. The Balaban J connectivity index is 1.11. The molecule has 0 amide bonds. The highest BCUT2D eigenvalue weighted by Gasteiger charge is 2.44. The molecule has 2 aliphatic rings. The second kappa shape index (κ2) is 18.0. The number of aromatic nitrogens is 1. The lowest BCUT2D eigenvalue weighted by Gasteiger charge is -2.41. The summed E-state index contributed by atoms with van der Waals surface area (Å²) in [6.45, 7) is 34.4. The Hall–Kier alpha value is -7.54. The minimum absolute atomic E-state index is 0.00239. The Labute approximate surface area is 478 Å². The number of rotatable bonds is 5. The van der Waals surface area contributed by atoms with Gasteiger partial charge in [-0.1, -0.05) is 183 Å². The molecule has 6 heteroatoms. The Morgan fingerprint density at radius 1 is 0.412 bits per heavy atom. The molecular formula is C74H74BN3OS. The molecule has 0 fully saturated rings. The maximum Gasteiger partial charge on any atom is 0.256 e. The average Bonchev–Trinajstić information content (AvgIpc) is 1.96. The Bertz CT molecular complexity index is 4150. The molecule has 0 radical (unpaired) electrons. The fourth-order valence-corrected chi connectivity index (χ4v) is 13.8. The fraction of sp³-hybridized carbons (Fsp3) is 0.270. The number of nitrogens with zero attached hydrogens (tertiary/aromatic N) is 3. The first-order chi connectivity index (χ1) is 37.8. The Morgan fingerprint density at radius 2 is 0.912 bits per heavy atom. The van der Waals surface area contributed by atoms with Crippen molar-refractivity contribution in [1.82, 2.24) is 4.57 Å². The molecule has 0 unspecified atom stereocenters. The van der Waals surface area contributed by atoms with Crippen molar-refractivity contribution >= 4 is 111 Å². The van der Waals surface area contributed by atoms with Gasteiger partial charge in [-0.05, 0) is 162 Å². The van der Waals surface area contributed by atoms with Crippen LogP contribution >= 0.6 is 11.3 Å². The highest BCUT2D eigenvalue weighted by atomic mass is 32.1. The van der Waals surface area contributed by atoms with E-state index in [1.807, 2.05) is 11.3 Å². The van der Waals surface area contributed by atoms with Crippen LogP contribution in [0.4, 0.5) is 34.1 Å². The molecule has 0 saturated carbocycles. The molecule has 80 heavy (non-hydrogen) atoms. The van der Waals surface area contributed by atoms with Crippen LogP contribution in [0.15, 0.2) is 176 Å². The standard InChI is InChI=1S/C74H74BN3OS/c1-70(2,3)45-23-31-50(32-24-45)76(51-33-25-46(26-34-51)71(4,5)6)53-37-38-57-64(43-53)79-63-21-18-20-61-67(63)75(57)58-44-62(78-59-39-29-48(73(10,11)12)41-55(59)56-42-49(74(13,14)15)30-40-60(56)78)69-66(54-19-16-17-22-65(54)80-69)68(58)77(61)52-35-27-47(28-36-52)72(7,8)9/h16-44H,1-15H3. The number of anilines is 6. The Kier molecular flexibility index (Phi) is 11.7. The van der Waals surface area contributed by atoms with Crippen molar-refractivity contribution in [3.05, 3.63) is 204 Å². The first-order valence-electron chi connectivity index (χ1n) is 28.8. The molecule has 4 heterocycles. The molecule has 0 saturated heterocycles. The van der Waals surface area contributed by atoms with Crippen LogP contribution in [0.25, 0.3) is 47.7 Å².